The van der Waals surface area contributed by atoms with E-state index in [4.69, 9.17) is 11.6 Å². The van der Waals surface area contributed by atoms with Crippen molar-refractivity contribution in [2.24, 2.45) is 10.2 Å². The highest BCUT2D eigenvalue weighted by Gasteiger charge is 2.18. The lowest BCUT2D eigenvalue weighted by Crippen LogP contribution is -2.09. The van der Waals surface area contributed by atoms with Crippen LogP contribution >= 0.6 is 11.6 Å². The Morgan fingerprint density at radius 2 is 1.81 bits per heavy atom. The van der Waals surface area contributed by atoms with Crippen molar-refractivity contribution in [1.82, 2.24) is 0 Å². The van der Waals surface area contributed by atoms with E-state index >= 15 is 0 Å². The SMILES string of the molecule is COC(=O)CC(O)=C(N=Nc1ccc(Cl)cc1)C(=O)OC. The summed E-state index contributed by atoms with van der Waals surface area (Å²) >= 11 is 5.72. The third kappa shape index (κ3) is 5.23. The van der Waals surface area contributed by atoms with Crippen LogP contribution in [0.4, 0.5) is 5.69 Å². The van der Waals surface area contributed by atoms with Crippen molar-refractivity contribution < 1.29 is 24.2 Å². The second-order valence-corrected chi connectivity index (χ2v) is 4.15. The quantitative estimate of drug-likeness (QED) is 0.390. The van der Waals surface area contributed by atoms with Crippen molar-refractivity contribution in [2.45, 2.75) is 6.42 Å². The number of hydrogen-bond acceptors (Lipinski definition) is 7. The number of esters is 2. The minimum Gasteiger partial charge on any atom is -0.509 e. The molecule has 0 aliphatic rings. The number of hydrogen-bond donors (Lipinski definition) is 1. The van der Waals surface area contributed by atoms with Gasteiger partial charge in [0.25, 0.3) is 0 Å². The molecule has 0 unspecified atom stereocenters. The molecule has 7 nitrogen and oxygen atoms in total. The van der Waals surface area contributed by atoms with E-state index in [0.29, 0.717) is 10.7 Å². The van der Waals surface area contributed by atoms with E-state index in [1.54, 1.807) is 24.3 Å². The molecule has 21 heavy (non-hydrogen) atoms. The fourth-order valence-electron chi connectivity index (χ4n) is 1.22. The van der Waals surface area contributed by atoms with Crippen LogP contribution in [0.2, 0.25) is 5.02 Å². The van der Waals surface area contributed by atoms with Crippen LogP contribution in [-0.2, 0) is 19.1 Å². The summed E-state index contributed by atoms with van der Waals surface area (Å²) in [5, 5.41) is 17.6. The Bertz CT molecular complexity index is 581. The molecule has 0 atom stereocenters. The molecule has 0 aromatic heterocycles. The Kier molecular flexibility index (Phi) is 6.35. The van der Waals surface area contributed by atoms with Crippen LogP contribution in [-0.4, -0.2) is 31.3 Å². The summed E-state index contributed by atoms with van der Waals surface area (Å²) in [6, 6.07) is 6.31. The predicted octanol–water partition coefficient (Wildman–Crippen LogP) is 2.93. The van der Waals surface area contributed by atoms with Gasteiger partial charge in [-0.25, -0.2) is 4.79 Å². The van der Waals surface area contributed by atoms with Gasteiger partial charge in [-0.05, 0) is 24.3 Å². The van der Waals surface area contributed by atoms with Gasteiger partial charge >= 0.3 is 11.9 Å². The van der Waals surface area contributed by atoms with Crippen molar-refractivity contribution in [1.29, 1.82) is 0 Å². The molecule has 0 fully saturated rings. The molecular weight excluding hydrogens is 300 g/mol. The fourth-order valence-corrected chi connectivity index (χ4v) is 1.35. The maximum Gasteiger partial charge on any atom is 0.362 e. The zero-order valence-electron chi connectivity index (χ0n) is 11.4. The second kappa shape index (κ2) is 8.01. The number of halogens is 1. The van der Waals surface area contributed by atoms with Crippen molar-refractivity contribution in [3.63, 3.8) is 0 Å². The topological polar surface area (TPSA) is 97.5 Å². The number of methoxy groups -OCH3 is 2. The van der Waals surface area contributed by atoms with Crippen molar-refractivity contribution in [3.05, 3.63) is 40.7 Å². The van der Waals surface area contributed by atoms with E-state index in [0.717, 1.165) is 14.2 Å². The van der Waals surface area contributed by atoms with Crippen LogP contribution in [0.25, 0.3) is 0 Å². The Hall–Kier alpha value is -2.41. The summed E-state index contributed by atoms with van der Waals surface area (Å²) in [5.74, 6) is -2.24. The maximum atomic E-state index is 11.5. The molecular formula is C13H13ClN2O5. The summed E-state index contributed by atoms with van der Waals surface area (Å²) in [4.78, 5) is 22.6. The number of ether oxygens (including phenoxy) is 2. The summed E-state index contributed by atoms with van der Waals surface area (Å²) in [6.45, 7) is 0. The van der Waals surface area contributed by atoms with Crippen LogP contribution in [0, 0.1) is 0 Å². The average molecular weight is 313 g/mol. The van der Waals surface area contributed by atoms with E-state index in [1.165, 1.54) is 0 Å². The number of aliphatic hydroxyl groups is 1. The third-order valence-electron chi connectivity index (χ3n) is 2.28. The van der Waals surface area contributed by atoms with E-state index in [9.17, 15) is 14.7 Å². The molecule has 0 aliphatic heterocycles. The molecule has 0 heterocycles. The molecule has 0 saturated carbocycles. The molecule has 1 aromatic carbocycles. The number of azo groups is 1. The van der Waals surface area contributed by atoms with Gasteiger partial charge in [0, 0.05) is 5.02 Å². The molecule has 1 N–H and O–H groups in total. The first-order valence-corrected chi connectivity index (χ1v) is 6.10. The minimum atomic E-state index is -0.922. The minimum absolute atomic E-state index is 0.409. The summed E-state index contributed by atoms with van der Waals surface area (Å²) in [7, 11) is 2.27. The molecule has 8 heteroatoms. The monoisotopic (exact) mass is 312 g/mol. The first kappa shape index (κ1) is 16.6. The van der Waals surface area contributed by atoms with E-state index < -0.39 is 29.8 Å². The van der Waals surface area contributed by atoms with Crippen LogP contribution in [0.1, 0.15) is 6.42 Å². The molecule has 112 valence electrons. The van der Waals surface area contributed by atoms with Gasteiger partial charge in [-0.15, -0.1) is 5.11 Å². The first-order valence-electron chi connectivity index (χ1n) is 5.72. The van der Waals surface area contributed by atoms with Crippen molar-refractivity contribution >= 4 is 29.2 Å². The highest BCUT2D eigenvalue weighted by Crippen LogP contribution is 2.19. The molecule has 0 bridgehead atoms. The fraction of sp³-hybridized carbons (Fsp3) is 0.231. The summed E-state index contributed by atoms with van der Waals surface area (Å²) < 4.78 is 8.86. The van der Waals surface area contributed by atoms with Gasteiger partial charge in [0.15, 0.2) is 0 Å². The molecule has 1 rings (SSSR count). The molecule has 0 saturated heterocycles. The number of nitrogens with zero attached hydrogens (tertiary/aromatic N) is 2. The van der Waals surface area contributed by atoms with Gasteiger partial charge in [-0.2, -0.15) is 5.11 Å². The standard InChI is InChI=1S/C13H13ClN2O5/c1-20-11(18)7-10(17)12(13(19)21-2)16-15-9-5-3-8(14)4-6-9/h3-6,17H,7H2,1-2H3. The number of carbonyl (C=O) groups excluding carboxylic acids is 2. The van der Waals surface area contributed by atoms with Crippen LogP contribution in [0.5, 0.6) is 0 Å². The zero-order chi connectivity index (χ0) is 15.8. The van der Waals surface area contributed by atoms with Crippen molar-refractivity contribution in [2.75, 3.05) is 14.2 Å². The van der Waals surface area contributed by atoms with Crippen molar-refractivity contribution in [3.8, 4) is 0 Å². The van der Waals surface area contributed by atoms with E-state index in [1.807, 2.05) is 0 Å². The average Bonchev–Trinajstić information content (AvgIpc) is 2.48. The Balaban J connectivity index is 3.03. The highest BCUT2D eigenvalue weighted by atomic mass is 35.5. The molecule has 1 aromatic rings. The van der Waals surface area contributed by atoms with Gasteiger partial charge in [0.1, 0.15) is 12.2 Å². The van der Waals surface area contributed by atoms with E-state index in [-0.39, 0.29) is 0 Å². The van der Waals surface area contributed by atoms with Gasteiger partial charge in [-0.3, -0.25) is 4.79 Å². The Morgan fingerprint density at radius 1 is 1.19 bits per heavy atom. The third-order valence-corrected chi connectivity index (χ3v) is 2.54. The lowest BCUT2D eigenvalue weighted by molar-refractivity contribution is -0.140. The summed E-state index contributed by atoms with van der Waals surface area (Å²) in [5.41, 5.74) is -0.0653. The number of aliphatic hydroxyl groups excluding tert-OH is 1. The zero-order valence-corrected chi connectivity index (χ0v) is 12.1. The van der Waals surface area contributed by atoms with Crippen LogP contribution in [0.3, 0.4) is 0 Å². The lowest BCUT2D eigenvalue weighted by Gasteiger charge is -2.03. The summed E-state index contributed by atoms with van der Waals surface area (Å²) in [6.07, 6.45) is -0.513. The Morgan fingerprint density at radius 3 is 2.33 bits per heavy atom. The molecule has 0 radical (unpaired) electrons. The van der Waals surface area contributed by atoms with E-state index in [2.05, 4.69) is 19.7 Å². The smallest absolute Gasteiger partial charge is 0.362 e. The van der Waals surface area contributed by atoms with Crippen LogP contribution in [0.15, 0.2) is 46.0 Å². The lowest BCUT2D eigenvalue weighted by atomic mass is 10.3. The van der Waals surface area contributed by atoms with Crippen LogP contribution < -0.4 is 0 Å². The molecule has 0 spiro atoms. The Labute approximate surface area is 125 Å². The number of benzene rings is 1. The van der Waals surface area contributed by atoms with Gasteiger partial charge in [0.05, 0.1) is 19.9 Å². The second-order valence-electron chi connectivity index (χ2n) is 3.72. The molecule has 0 aliphatic carbocycles. The predicted molar refractivity (Wildman–Crippen MR) is 74.3 cm³/mol. The largest absolute Gasteiger partial charge is 0.509 e. The molecule has 0 amide bonds. The maximum absolute atomic E-state index is 11.5. The van der Waals surface area contributed by atoms with Gasteiger partial charge < -0.3 is 14.6 Å². The number of rotatable bonds is 5. The number of carbonyl (C=O) groups is 2. The van der Waals surface area contributed by atoms with Gasteiger partial charge in [-0.1, -0.05) is 11.6 Å². The normalized spacial score (nSPS) is 12.0. The first-order chi connectivity index (χ1) is 9.97. The van der Waals surface area contributed by atoms with Gasteiger partial charge in [0.2, 0.25) is 5.70 Å². The highest BCUT2D eigenvalue weighted by molar-refractivity contribution is 6.30.